The van der Waals surface area contributed by atoms with Crippen molar-refractivity contribution in [2.24, 2.45) is 0 Å². The molecule has 0 spiro atoms. The van der Waals surface area contributed by atoms with Gasteiger partial charge >= 0.3 is 0 Å². The second kappa shape index (κ2) is 7.07. The molecule has 2 aromatic rings. The molecule has 4 heteroatoms. The predicted octanol–water partition coefficient (Wildman–Crippen LogP) is 3.11. The topological polar surface area (TPSA) is 37.6 Å². The van der Waals surface area contributed by atoms with E-state index in [1.165, 1.54) is 23.8 Å². The van der Waals surface area contributed by atoms with E-state index < -0.39 is 0 Å². The SMILES string of the molecule is CCCCc1oc2ccccc2c1CNN1CCOCC1. The Morgan fingerprint density at radius 3 is 2.81 bits per heavy atom. The van der Waals surface area contributed by atoms with E-state index >= 15 is 0 Å². The van der Waals surface area contributed by atoms with Crippen LogP contribution in [0.5, 0.6) is 0 Å². The first-order valence-corrected chi connectivity index (χ1v) is 7.94. The molecule has 0 atom stereocenters. The van der Waals surface area contributed by atoms with Crippen LogP contribution in [0.15, 0.2) is 28.7 Å². The van der Waals surface area contributed by atoms with Gasteiger partial charge in [-0.3, -0.25) is 5.43 Å². The molecule has 2 heterocycles. The van der Waals surface area contributed by atoms with Gasteiger partial charge in [0.25, 0.3) is 0 Å². The first kappa shape index (κ1) is 14.6. The largest absolute Gasteiger partial charge is 0.461 e. The van der Waals surface area contributed by atoms with E-state index in [4.69, 9.17) is 9.15 Å². The monoisotopic (exact) mass is 288 g/mol. The fourth-order valence-electron chi connectivity index (χ4n) is 2.79. The molecule has 0 unspecified atom stereocenters. The first-order valence-electron chi connectivity index (χ1n) is 7.94. The summed E-state index contributed by atoms with van der Waals surface area (Å²) in [7, 11) is 0. The van der Waals surface area contributed by atoms with Crippen molar-refractivity contribution in [1.29, 1.82) is 0 Å². The normalized spacial score (nSPS) is 16.6. The summed E-state index contributed by atoms with van der Waals surface area (Å²) in [5.41, 5.74) is 5.84. The second-order valence-corrected chi connectivity index (χ2v) is 5.54. The lowest BCUT2D eigenvalue weighted by Gasteiger charge is -2.27. The van der Waals surface area contributed by atoms with Crippen molar-refractivity contribution in [2.75, 3.05) is 26.3 Å². The Labute approximate surface area is 126 Å². The molecule has 0 bridgehead atoms. The summed E-state index contributed by atoms with van der Waals surface area (Å²) in [6.07, 6.45) is 3.38. The Hall–Kier alpha value is -1.36. The van der Waals surface area contributed by atoms with Gasteiger partial charge in [-0.05, 0) is 12.5 Å². The third-order valence-electron chi connectivity index (χ3n) is 4.03. The zero-order valence-electron chi connectivity index (χ0n) is 12.7. The van der Waals surface area contributed by atoms with Crippen molar-refractivity contribution in [3.05, 3.63) is 35.6 Å². The molecule has 0 radical (unpaired) electrons. The predicted molar refractivity (Wildman–Crippen MR) is 84.1 cm³/mol. The summed E-state index contributed by atoms with van der Waals surface area (Å²) in [4.78, 5) is 0. The third-order valence-corrected chi connectivity index (χ3v) is 4.03. The fraction of sp³-hybridized carbons (Fsp3) is 0.529. The minimum atomic E-state index is 0.807. The minimum absolute atomic E-state index is 0.807. The molecule has 1 aromatic carbocycles. The Bertz CT molecular complexity index is 573. The molecule has 1 saturated heterocycles. The Balaban J connectivity index is 1.77. The van der Waals surface area contributed by atoms with E-state index in [0.717, 1.165) is 50.6 Å². The number of rotatable bonds is 6. The van der Waals surface area contributed by atoms with Crippen molar-refractivity contribution in [1.82, 2.24) is 10.4 Å². The van der Waals surface area contributed by atoms with E-state index in [-0.39, 0.29) is 0 Å². The number of benzene rings is 1. The quantitative estimate of drug-likeness (QED) is 0.886. The van der Waals surface area contributed by atoms with E-state index in [1.54, 1.807) is 0 Å². The summed E-state index contributed by atoms with van der Waals surface area (Å²) in [5.74, 6) is 1.14. The van der Waals surface area contributed by atoms with Crippen LogP contribution in [0.2, 0.25) is 0 Å². The van der Waals surface area contributed by atoms with Crippen molar-refractivity contribution in [2.45, 2.75) is 32.7 Å². The standard InChI is InChI=1S/C17H24N2O2/c1-2-3-7-17-15(13-18-19-9-11-20-12-10-19)14-6-4-5-8-16(14)21-17/h4-6,8,18H,2-3,7,9-13H2,1H3. The van der Waals surface area contributed by atoms with Gasteiger partial charge in [-0.25, -0.2) is 5.01 Å². The number of nitrogens with one attached hydrogen (secondary N) is 1. The van der Waals surface area contributed by atoms with Gasteiger partial charge in [-0.1, -0.05) is 31.5 Å². The number of aryl methyl sites for hydroxylation is 1. The van der Waals surface area contributed by atoms with Crippen LogP contribution in [0.25, 0.3) is 11.0 Å². The maximum absolute atomic E-state index is 6.06. The van der Waals surface area contributed by atoms with Crippen LogP contribution in [-0.2, 0) is 17.7 Å². The van der Waals surface area contributed by atoms with Crippen LogP contribution >= 0.6 is 0 Å². The minimum Gasteiger partial charge on any atom is -0.461 e. The number of furan rings is 1. The molecule has 114 valence electrons. The average molecular weight is 288 g/mol. The van der Waals surface area contributed by atoms with Crippen molar-refractivity contribution >= 4 is 11.0 Å². The maximum atomic E-state index is 6.06. The van der Waals surface area contributed by atoms with Crippen molar-refractivity contribution < 1.29 is 9.15 Å². The number of morpholine rings is 1. The molecule has 1 N–H and O–H groups in total. The van der Waals surface area contributed by atoms with E-state index in [0.29, 0.717) is 0 Å². The zero-order chi connectivity index (χ0) is 14.5. The van der Waals surface area contributed by atoms with E-state index in [9.17, 15) is 0 Å². The smallest absolute Gasteiger partial charge is 0.134 e. The van der Waals surface area contributed by atoms with Crippen LogP contribution in [-0.4, -0.2) is 31.3 Å². The number of nitrogens with zero attached hydrogens (tertiary/aromatic N) is 1. The lowest BCUT2D eigenvalue weighted by molar-refractivity contribution is 0.0105. The van der Waals surface area contributed by atoms with Crippen molar-refractivity contribution in [3.63, 3.8) is 0 Å². The number of para-hydroxylation sites is 1. The van der Waals surface area contributed by atoms with Gasteiger partial charge in [0, 0.05) is 37.0 Å². The van der Waals surface area contributed by atoms with Gasteiger partial charge in [-0.2, -0.15) is 0 Å². The van der Waals surface area contributed by atoms with Gasteiger partial charge < -0.3 is 9.15 Å². The Morgan fingerprint density at radius 1 is 1.19 bits per heavy atom. The van der Waals surface area contributed by atoms with Gasteiger partial charge in [-0.15, -0.1) is 0 Å². The highest BCUT2D eigenvalue weighted by molar-refractivity contribution is 5.82. The molecule has 21 heavy (non-hydrogen) atoms. The zero-order valence-corrected chi connectivity index (χ0v) is 12.7. The number of hydrogen-bond acceptors (Lipinski definition) is 4. The van der Waals surface area contributed by atoms with Crippen LogP contribution in [0.3, 0.4) is 0 Å². The molecule has 1 aliphatic heterocycles. The van der Waals surface area contributed by atoms with Crippen LogP contribution < -0.4 is 5.43 Å². The van der Waals surface area contributed by atoms with Crippen LogP contribution in [0.4, 0.5) is 0 Å². The van der Waals surface area contributed by atoms with Gasteiger partial charge in [0.2, 0.25) is 0 Å². The summed E-state index contributed by atoms with van der Waals surface area (Å²) >= 11 is 0. The summed E-state index contributed by atoms with van der Waals surface area (Å²) in [6.45, 7) is 6.55. The van der Waals surface area contributed by atoms with E-state index in [2.05, 4.69) is 35.6 Å². The molecule has 1 aromatic heterocycles. The molecule has 1 aliphatic rings. The third kappa shape index (κ3) is 3.46. The van der Waals surface area contributed by atoms with Gasteiger partial charge in [0.1, 0.15) is 11.3 Å². The number of fused-ring (bicyclic) bond motifs is 1. The Morgan fingerprint density at radius 2 is 2.00 bits per heavy atom. The number of hydrazine groups is 1. The molecule has 4 nitrogen and oxygen atoms in total. The number of ether oxygens (including phenoxy) is 1. The van der Waals surface area contributed by atoms with Crippen LogP contribution in [0.1, 0.15) is 31.1 Å². The summed E-state index contributed by atoms with van der Waals surface area (Å²) < 4.78 is 11.4. The lowest BCUT2D eigenvalue weighted by Crippen LogP contribution is -2.45. The highest BCUT2D eigenvalue weighted by atomic mass is 16.5. The molecule has 3 rings (SSSR count). The van der Waals surface area contributed by atoms with Gasteiger partial charge in [0.05, 0.1) is 13.2 Å². The Kier molecular flexibility index (Phi) is 4.91. The second-order valence-electron chi connectivity index (χ2n) is 5.54. The summed E-state index contributed by atoms with van der Waals surface area (Å²) in [6, 6.07) is 8.34. The summed E-state index contributed by atoms with van der Waals surface area (Å²) in [5, 5.41) is 3.49. The molecular weight excluding hydrogens is 264 g/mol. The first-order chi connectivity index (χ1) is 10.4. The molecular formula is C17H24N2O2. The fourth-order valence-corrected chi connectivity index (χ4v) is 2.79. The average Bonchev–Trinajstić information content (AvgIpc) is 2.89. The van der Waals surface area contributed by atoms with Crippen molar-refractivity contribution in [3.8, 4) is 0 Å². The molecule has 0 aliphatic carbocycles. The maximum Gasteiger partial charge on any atom is 0.134 e. The lowest BCUT2D eigenvalue weighted by atomic mass is 10.1. The highest BCUT2D eigenvalue weighted by Crippen LogP contribution is 2.27. The van der Waals surface area contributed by atoms with Crippen LogP contribution in [0, 0.1) is 0 Å². The molecule has 0 amide bonds. The van der Waals surface area contributed by atoms with Gasteiger partial charge in [0.15, 0.2) is 0 Å². The van der Waals surface area contributed by atoms with E-state index in [1.807, 2.05) is 6.07 Å². The number of unbranched alkanes of at least 4 members (excludes halogenated alkanes) is 1. The number of hydrogen-bond donors (Lipinski definition) is 1. The molecule has 0 saturated carbocycles. The highest BCUT2D eigenvalue weighted by Gasteiger charge is 2.15. The molecule has 1 fully saturated rings.